The van der Waals surface area contributed by atoms with Crippen LogP contribution in [0.25, 0.3) is 0 Å². The maximum atomic E-state index is 6.39. The third-order valence-corrected chi connectivity index (χ3v) is 4.63. The summed E-state index contributed by atoms with van der Waals surface area (Å²) < 4.78 is 5.94. The molecule has 1 heterocycles. The quantitative estimate of drug-likeness (QED) is 0.936. The Morgan fingerprint density at radius 2 is 2.05 bits per heavy atom. The minimum atomic E-state index is -0.0761. The lowest BCUT2D eigenvalue weighted by atomic mass is 9.75. The molecule has 0 amide bonds. The van der Waals surface area contributed by atoms with Crippen LogP contribution in [0, 0.1) is 12.3 Å². The molecule has 0 saturated heterocycles. The number of benzene rings is 2. The fraction of sp³-hybridized carbons (Fsp3) is 0.333. The predicted molar refractivity (Wildman–Crippen MR) is 87.0 cm³/mol. The molecule has 1 aliphatic rings. The van der Waals surface area contributed by atoms with Gasteiger partial charge in [0.25, 0.3) is 0 Å². The third kappa shape index (κ3) is 2.92. The topological polar surface area (TPSA) is 35.2 Å². The van der Waals surface area contributed by atoms with Crippen LogP contribution in [0.1, 0.15) is 16.7 Å². The molecule has 2 aromatic carbocycles. The Morgan fingerprint density at radius 3 is 2.81 bits per heavy atom. The van der Waals surface area contributed by atoms with E-state index in [2.05, 4.69) is 18.2 Å². The lowest BCUT2D eigenvalue weighted by Crippen LogP contribution is -2.43. The van der Waals surface area contributed by atoms with Gasteiger partial charge in [-0.3, -0.25) is 0 Å². The lowest BCUT2D eigenvalue weighted by Gasteiger charge is -2.37. The van der Waals surface area contributed by atoms with E-state index in [-0.39, 0.29) is 5.41 Å². The Bertz CT molecular complexity index is 655. The van der Waals surface area contributed by atoms with Crippen molar-refractivity contribution in [2.45, 2.75) is 19.8 Å². The second-order valence-corrected chi connectivity index (χ2v) is 6.46. The van der Waals surface area contributed by atoms with Crippen molar-refractivity contribution in [1.29, 1.82) is 0 Å². The smallest absolute Gasteiger partial charge is 0.122 e. The van der Waals surface area contributed by atoms with E-state index >= 15 is 0 Å². The summed E-state index contributed by atoms with van der Waals surface area (Å²) in [6, 6.07) is 14.4. The van der Waals surface area contributed by atoms with E-state index in [1.165, 1.54) is 11.1 Å². The van der Waals surface area contributed by atoms with Gasteiger partial charge >= 0.3 is 0 Å². The van der Waals surface area contributed by atoms with Crippen molar-refractivity contribution < 1.29 is 4.74 Å². The van der Waals surface area contributed by atoms with Crippen molar-refractivity contribution >= 4 is 11.6 Å². The number of halogens is 1. The van der Waals surface area contributed by atoms with Gasteiger partial charge in [-0.1, -0.05) is 41.9 Å². The lowest BCUT2D eigenvalue weighted by molar-refractivity contribution is 0.126. The highest BCUT2D eigenvalue weighted by Gasteiger charge is 2.35. The first-order valence-corrected chi connectivity index (χ1v) is 7.65. The molecule has 3 heteroatoms. The highest BCUT2D eigenvalue weighted by Crippen LogP contribution is 2.37. The van der Waals surface area contributed by atoms with Crippen molar-refractivity contribution in [3.8, 4) is 5.75 Å². The van der Waals surface area contributed by atoms with Crippen LogP contribution in [-0.2, 0) is 12.8 Å². The zero-order valence-corrected chi connectivity index (χ0v) is 13.0. The number of hydrogen-bond acceptors (Lipinski definition) is 2. The Morgan fingerprint density at radius 1 is 1.24 bits per heavy atom. The monoisotopic (exact) mass is 301 g/mol. The van der Waals surface area contributed by atoms with Crippen LogP contribution < -0.4 is 10.5 Å². The van der Waals surface area contributed by atoms with Crippen molar-refractivity contribution in [1.82, 2.24) is 0 Å². The molecule has 3 rings (SSSR count). The van der Waals surface area contributed by atoms with Gasteiger partial charge in [0.15, 0.2) is 0 Å². The number of rotatable bonds is 3. The summed E-state index contributed by atoms with van der Waals surface area (Å²) in [5, 5.41) is 0.821. The maximum Gasteiger partial charge on any atom is 0.122 e. The minimum absolute atomic E-state index is 0.0761. The van der Waals surface area contributed by atoms with E-state index < -0.39 is 0 Å². The molecule has 1 unspecified atom stereocenters. The molecule has 110 valence electrons. The van der Waals surface area contributed by atoms with Crippen LogP contribution in [0.4, 0.5) is 0 Å². The van der Waals surface area contributed by atoms with Gasteiger partial charge in [0.1, 0.15) is 5.75 Å². The van der Waals surface area contributed by atoms with Crippen molar-refractivity contribution in [2.24, 2.45) is 11.1 Å². The second-order valence-electron chi connectivity index (χ2n) is 6.05. The number of fused-ring (bicyclic) bond motifs is 1. The van der Waals surface area contributed by atoms with Crippen LogP contribution in [0.5, 0.6) is 5.75 Å². The molecule has 0 aliphatic carbocycles. The number of ether oxygens (including phenoxy) is 1. The van der Waals surface area contributed by atoms with Crippen molar-refractivity contribution in [2.75, 3.05) is 13.2 Å². The first-order valence-electron chi connectivity index (χ1n) is 7.28. The van der Waals surface area contributed by atoms with E-state index in [9.17, 15) is 0 Å². The molecule has 2 aromatic rings. The number of nitrogens with two attached hydrogens (primary N) is 1. The summed E-state index contributed by atoms with van der Waals surface area (Å²) in [4.78, 5) is 0. The van der Waals surface area contributed by atoms with E-state index in [0.29, 0.717) is 13.2 Å². The predicted octanol–water partition coefficient (Wildman–Crippen LogP) is 3.77. The minimum Gasteiger partial charge on any atom is -0.493 e. The summed E-state index contributed by atoms with van der Waals surface area (Å²) in [5.74, 6) is 0.983. The first kappa shape index (κ1) is 14.4. The van der Waals surface area contributed by atoms with Crippen LogP contribution in [0.2, 0.25) is 5.02 Å². The van der Waals surface area contributed by atoms with Crippen LogP contribution in [0.3, 0.4) is 0 Å². The number of para-hydroxylation sites is 1. The molecule has 0 radical (unpaired) electrons. The molecule has 2 nitrogen and oxygen atoms in total. The van der Waals surface area contributed by atoms with Crippen LogP contribution in [-0.4, -0.2) is 13.2 Å². The molecule has 2 N–H and O–H groups in total. The molecule has 21 heavy (non-hydrogen) atoms. The summed E-state index contributed by atoms with van der Waals surface area (Å²) >= 11 is 6.39. The van der Waals surface area contributed by atoms with Gasteiger partial charge in [-0.05, 0) is 48.6 Å². The highest BCUT2D eigenvalue weighted by molar-refractivity contribution is 6.31. The Kier molecular flexibility index (Phi) is 3.92. The molecule has 1 aliphatic heterocycles. The van der Waals surface area contributed by atoms with Gasteiger partial charge in [0.05, 0.1) is 6.61 Å². The largest absolute Gasteiger partial charge is 0.493 e. The third-order valence-electron chi connectivity index (χ3n) is 4.28. The zero-order chi connectivity index (χ0) is 14.9. The average Bonchev–Trinajstić information content (AvgIpc) is 2.50. The normalized spacial score (nSPS) is 20.7. The van der Waals surface area contributed by atoms with Gasteiger partial charge in [0.2, 0.25) is 0 Å². The summed E-state index contributed by atoms with van der Waals surface area (Å²) in [6.07, 6.45) is 1.78. The maximum absolute atomic E-state index is 6.39. The molecule has 1 atom stereocenters. The Labute approximate surface area is 130 Å². The fourth-order valence-electron chi connectivity index (χ4n) is 2.99. The molecule has 0 saturated carbocycles. The molecule has 0 aromatic heterocycles. The first-order chi connectivity index (χ1) is 10.1. The van der Waals surface area contributed by atoms with Gasteiger partial charge < -0.3 is 10.5 Å². The van der Waals surface area contributed by atoms with Crippen LogP contribution in [0.15, 0.2) is 42.5 Å². The number of hydrogen-bond donors (Lipinski definition) is 1. The fourth-order valence-corrected chi connectivity index (χ4v) is 3.29. The second kappa shape index (κ2) is 5.70. The van der Waals surface area contributed by atoms with E-state index in [1.807, 2.05) is 31.2 Å². The van der Waals surface area contributed by atoms with E-state index in [4.69, 9.17) is 22.1 Å². The Balaban J connectivity index is 1.88. The summed E-state index contributed by atoms with van der Waals surface area (Å²) in [5.41, 5.74) is 9.58. The highest BCUT2D eigenvalue weighted by atomic mass is 35.5. The molecule has 0 spiro atoms. The standard InChI is InChI=1S/C18H20ClNO/c1-13-6-7-14(16(19)8-13)9-18(11-20)10-15-4-2-3-5-17(15)21-12-18/h2-8H,9-12,20H2,1H3. The Hall–Kier alpha value is -1.51. The van der Waals surface area contributed by atoms with Gasteiger partial charge in [-0.25, -0.2) is 0 Å². The average molecular weight is 302 g/mol. The van der Waals surface area contributed by atoms with E-state index in [0.717, 1.165) is 29.2 Å². The molecular weight excluding hydrogens is 282 g/mol. The van der Waals surface area contributed by atoms with Crippen molar-refractivity contribution in [3.63, 3.8) is 0 Å². The van der Waals surface area contributed by atoms with Crippen molar-refractivity contribution in [3.05, 3.63) is 64.2 Å². The number of aryl methyl sites for hydroxylation is 1. The van der Waals surface area contributed by atoms with E-state index in [1.54, 1.807) is 0 Å². The SMILES string of the molecule is Cc1ccc(CC2(CN)COc3ccccc3C2)c(Cl)c1. The summed E-state index contributed by atoms with van der Waals surface area (Å²) in [7, 11) is 0. The molecular formula is C18H20ClNO. The molecule has 0 bridgehead atoms. The summed E-state index contributed by atoms with van der Waals surface area (Å²) in [6.45, 7) is 3.28. The van der Waals surface area contributed by atoms with Gasteiger partial charge in [-0.15, -0.1) is 0 Å². The van der Waals surface area contributed by atoms with Crippen LogP contribution >= 0.6 is 11.6 Å². The van der Waals surface area contributed by atoms with Gasteiger partial charge in [-0.2, -0.15) is 0 Å². The zero-order valence-electron chi connectivity index (χ0n) is 12.2. The van der Waals surface area contributed by atoms with Gasteiger partial charge in [0, 0.05) is 17.0 Å². The molecule has 0 fully saturated rings.